The highest BCUT2D eigenvalue weighted by Crippen LogP contribution is 2.31. The predicted octanol–water partition coefficient (Wildman–Crippen LogP) is 5.25. The van der Waals surface area contributed by atoms with Gasteiger partial charge in [-0.2, -0.15) is 0 Å². The van der Waals surface area contributed by atoms with Gasteiger partial charge >= 0.3 is 5.97 Å². The first-order chi connectivity index (χ1) is 8.66. The van der Waals surface area contributed by atoms with Crippen LogP contribution in [0.5, 0.6) is 0 Å². The normalized spacial score (nSPS) is 22.3. The van der Waals surface area contributed by atoms with Gasteiger partial charge in [0.15, 0.2) is 0 Å². The Morgan fingerprint density at radius 1 is 1.06 bits per heavy atom. The van der Waals surface area contributed by atoms with Gasteiger partial charge in [-0.25, -0.2) is 0 Å². The number of esters is 1. The number of hydrogen-bond acceptors (Lipinski definition) is 2. The number of carbonyl (C=O) groups is 1. The van der Waals surface area contributed by atoms with Crippen LogP contribution in [0.3, 0.4) is 0 Å². The Kier molecular flexibility index (Phi) is 10.1. The lowest BCUT2D eigenvalue weighted by atomic mass is 9.95. The van der Waals surface area contributed by atoms with E-state index >= 15 is 0 Å². The molecule has 0 saturated carbocycles. The Hall–Kier alpha value is -0.530. The van der Waals surface area contributed by atoms with Crippen molar-refractivity contribution >= 4 is 5.97 Å². The van der Waals surface area contributed by atoms with Crippen LogP contribution < -0.4 is 0 Å². The summed E-state index contributed by atoms with van der Waals surface area (Å²) in [5, 5.41) is 0. The van der Waals surface area contributed by atoms with E-state index in [1.807, 2.05) is 13.8 Å². The van der Waals surface area contributed by atoms with Crippen molar-refractivity contribution in [1.29, 1.82) is 0 Å². The molecule has 1 fully saturated rings. The van der Waals surface area contributed by atoms with Crippen molar-refractivity contribution in [2.45, 2.75) is 97.5 Å². The second-order valence-corrected chi connectivity index (χ2v) is 5.30. The van der Waals surface area contributed by atoms with Gasteiger partial charge in [-0.05, 0) is 26.2 Å². The lowest BCUT2D eigenvalue weighted by Gasteiger charge is -2.22. The molecule has 2 heteroatoms. The Balaban J connectivity index is 0.00000137. The predicted molar refractivity (Wildman–Crippen MR) is 77.7 cm³/mol. The smallest absolute Gasteiger partial charge is 0.306 e. The molecule has 0 radical (unpaired) electrons. The quantitative estimate of drug-likeness (QED) is 0.438. The summed E-state index contributed by atoms with van der Waals surface area (Å²) in [6, 6.07) is 0. The van der Waals surface area contributed by atoms with E-state index in [9.17, 15) is 4.79 Å². The maximum Gasteiger partial charge on any atom is 0.306 e. The van der Waals surface area contributed by atoms with Gasteiger partial charge in [0.2, 0.25) is 0 Å². The van der Waals surface area contributed by atoms with E-state index in [0.29, 0.717) is 6.42 Å². The summed E-state index contributed by atoms with van der Waals surface area (Å²) in [7, 11) is 0. The van der Waals surface area contributed by atoms with Crippen LogP contribution in [0.2, 0.25) is 0 Å². The van der Waals surface area contributed by atoms with Crippen molar-refractivity contribution in [1.82, 2.24) is 0 Å². The summed E-state index contributed by atoms with van der Waals surface area (Å²) < 4.78 is 5.35. The zero-order valence-electron chi connectivity index (χ0n) is 12.9. The minimum atomic E-state index is -0.138. The molecule has 1 aliphatic rings. The maximum atomic E-state index is 11.0. The summed E-state index contributed by atoms with van der Waals surface area (Å²) in [4.78, 5) is 11.0. The van der Waals surface area contributed by atoms with Crippen molar-refractivity contribution in [3.63, 3.8) is 0 Å². The van der Waals surface area contributed by atoms with Crippen LogP contribution in [0.15, 0.2) is 0 Å². The van der Waals surface area contributed by atoms with Gasteiger partial charge in [-0.15, -0.1) is 0 Å². The van der Waals surface area contributed by atoms with E-state index in [2.05, 4.69) is 13.8 Å². The lowest BCUT2D eigenvalue weighted by molar-refractivity contribution is -0.147. The number of hydrogen-bond donors (Lipinski definition) is 0. The molecule has 0 unspecified atom stereocenters. The molecule has 0 aromatic heterocycles. The lowest BCUT2D eigenvalue weighted by Crippen LogP contribution is -2.23. The molecule has 1 atom stereocenters. The molecule has 1 saturated heterocycles. The second-order valence-electron chi connectivity index (χ2n) is 5.30. The van der Waals surface area contributed by atoms with Crippen LogP contribution in [0, 0.1) is 0 Å². The summed E-state index contributed by atoms with van der Waals surface area (Å²) in [5.74, 6) is -0.00885. The molecule has 0 amide bonds. The SMILES string of the molecule is CC.CCCCCCCCC[C@]1(C)CCC(=O)O1. The Bertz CT molecular complexity index is 213. The van der Waals surface area contributed by atoms with Crippen LogP contribution >= 0.6 is 0 Å². The monoisotopic (exact) mass is 256 g/mol. The molecule has 0 spiro atoms. The van der Waals surface area contributed by atoms with Crippen molar-refractivity contribution < 1.29 is 9.53 Å². The Labute approximate surface area is 113 Å². The fourth-order valence-electron chi connectivity index (χ4n) is 2.38. The van der Waals surface area contributed by atoms with Crippen molar-refractivity contribution in [3.8, 4) is 0 Å². The fourth-order valence-corrected chi connectivity index (χ4v) is 2.38. The van der Waals surface area contributed by atoms with Crippen LogP contribution in [0.4, 0.5) is 0 Å². The number of ether oxygens (including phenoxy) is 1. The van der Waals surface area contributed by atoms with Crippen LogP contribution in [0.25, 0.3) is 0 Å². The van der Waals surface area contributed by atoms with Gasteiger partial charge in [0.05, 0.1) is 0 Å². The van der Waals surface area contributed by atoms with Crippen molar-refractivity contribution in [2.24, 2.45) is 0 Å². The van der Waals surface area contributed by atoms with Crippen molar-refractivity contribution in [2.75, 3.05) is 0 Å². The summed E-state index contributed by atoms with van der Waals surface area (Å²) >= 11 is 0. The highest BCUT2D eigenvalue weighted by atomic mass is 16.6. The van der Waals surface area contributed by atoms with Crippen molar-refractivity contribution in [3.05, 3.63) is 0 Å². The number of unbranched alkanes of at least 4 members (excludes halogenated alkanes) is 6. The standard InChI is InChI=1S/C14H26O2.C2H6/c1-3-4-5-6-7-8-9-11-14(2)12-10-13(15)16-14;1-2/h3-12H2,1-2H3;1-2H3/t14-;/m1./s1. The van der Waals surface area contributed by atoms with E-state index in [4.69, 9.17) is 4.74 Å². The zero-order chi connectivity index (χ0) is 13.9. The fraction of sp³-hybridized carbons (Fsp3) is 0.938. The summed E-state index contributed by atoms with van der Waals surface area (Å²) in [6.07, 6.45) is 11.8. The molecule has 108 valence electrons. The van der Waals surface area contributed by atoms with Gasteiger partial charge in [0.25, 0.3) is 0 Å². The Morgan fingerprint density at radius 3 is 2.11 bits per heavy atom. The first-order valence-electron chi connectivity index (χ1n) is 7.88. The molecular formula is C16H32O2. The van der Waals surface area contributed by atoms with E-state index < -0.39 is 0 Å². The average molecular weight is 256 g/mol. The number of rotatable bonds is 8. The molecule has 0 aliphatic carbocycles. The number of cyclic esters (lactones) is 1. The molecular weight excluding hydrogens is 224 g/mol. The molecule has 0 N–H and O–H groups in total. The minimum Gasteiger partial charge on any atom is -0.459 e. The number of carbonyl (C=O) groups excluding carboxylic acids is 1. The van der Waals surface area contributed by atoms with Gasteiger partial charge in [0, 0.05) is 6.42 Å². The highest BCUT2D eigenvalue weighted by molar-refractivity contribution is 5.72. The third kappa shape index (κ3) is 7.73. The van der Waals surface area contributed by atoms with Gasteiger partial charge in [-0.1, -0.05) is 59.3 Å². The molecule has 0 aromatic rings. The van der Waals surface area contributed by atoms with E-state index in [0.717, 1.165) is 12.8 Å². The zero-order valence-corrected chi connectivity index (χ0v) is 12.9. The molecule has 18 heavy (non-hydrogen) atoms. The molecule has 2 nitrogen and oxygen atoms in total. The molecule has 1 aliphatic heterocycles. The van der Waals surface area contributed by atoms with Gasteiger partial charge in [-0.3, -0.25) is 4.79 Å². The average Bonchev–Trinajstić information content (AvgIpc) is 2.71. The molecule has 0 aromatic carbocycles. The van der Waals surface area contributed by atoms with E-state index in [-0.39, 0.29) is 11.6 Å². The van der Waals surface area contributed by atoms with Crippen LogP contribution in [-0.4, -0.2) is 11.6 Å². The summed E-state index contributed by atoms with van der Waals surface area (Å²) in [5.41, 5.74) is -0.138. The molecule has 0 bridgehead atoms. The second kappa shape index (κ2) is 10.4. The van der Waals surface area contributed by atoms with Gasteiger partial charge < -0.3 is 4.74 Å². The topological polar surface area (TPSA) is 26.3 Å². The van der Waals surface area contributed by atoms with E-state index in [1.54, 1.807) is 0 Å². The Morgan fingerprint density at radius 2 is 1.61 bits per heavy atom. The third-order valence-corrected chi connectivity index (χ3v) is 3.53. The highest BCUT2D eigenvalue weighted by Gasteiger charge is 2.34. The van der Waals surface area contributed by atoms with Crippen LogP contribution in [0.1, 0.15) is 91.9 Å². The van der Waals surface area contributed by atoms with Gasteiger partial charge in [0.1, 0.15) is 5.60 Å². The minimum absolute atomic E-state index is 0.00885. The summed E-state index contributed by atoms with van der Waals surface area (Å²) in [6.45, 7) is 8.32. The molecule has 1 rings (SSSR count). The first kappa shape index (κ1) is 17.5. The third-order valence-electron chi connectivity index (χ3n) is 3.53. The van der Waals surface area contributed by atoms with E-state index in [1.165, 1.54) is 44.9 Å². The van der Waals surface area contributed by atoms with Crippen LogP contribution in [-0.2, 0) is 9.53 Å². The maximum absolute atomic E-state index is 11.0. The largest absolute Gasteiger partial charge is 0.459 e. The first-order valence-corrected chi connectivity index (χ1v) is 7.88. The molecule has 1 heterocycles.